The first-order valence-electron chi connectivity index (χ1n) is 6.67. The first-order valence-corrected chi connectivity index (χ1v) is 7.46. The molecule has 3 aromatic rings. The van der Waals surface area contributed by atoms with Crippen molar-refractivity contribution in [3.05, 3.63) is 52.5 Å². The number of halogens is 1. The van der Waals surface area contributed by atoms with E-state index in [2.05, 4.69) is 37.9 Å². The summed E-state index contributed by atoms with van der Waals surface area (Å²) in [4.78, 5) is 21.2. The van der Waals surface area contributed by atoms with E-state index in [1.165, 1.54) is 0 Å². The molecule has 0 unspecified atom stereocenters. The molecule has 2 heterocycles. The average Bonchev–Trinajstić information content (AvgIpc) is 2.87. The number of rotatable bonds is 4. The Kier molecular flexibility index (Phi) is 3.79. The van der Waals surface area contributed by atoms with Crippen molar-refractivity contribution in [2.75, 3.05) is 0 Å². The molecule has 0 amide bonds. The maximum absolute atomic E-state index is 12.7. The van der Waals surface area contributed by atoms with Gasteiger partial charge in [-0.05, 0) is 40.5 Å². The lowest BCUT2D eigenvalue weighted by Crippen LogP contribution is -2.12. The number of hydrogen-bond donors (Lipinski definition) is 0. The van der Waals surface area contributed by atoms with Gasteiger partial charge < -0.3 is 0 Å². The molecule has 5 nitrogen and oxygen atoms in total. The van der Waals surface area contributed by atoms with E-state index < -0.39 is 0 Å². The first-order chi connectivity index (χ1) is 10.2. The van der Waals surface area contributed by atoms with Gasteiger partial charge in [0, 0.05) is 24.5 Å². The minimum atomic E-state index is -0.0691. The molecule has 0 aliphatic carbocycles. The molecule has 0 atom stereocenters. The number of aromatic nitrogens is 4. The molecule has 0 saturated heterocycles. The monoisotopic (exact) mass is 344 g/mol. The molecule has 6 heteroatoms. The topological polar surface area (TPSA) is 60.7 Å². The number of nitrogens with zero attached hydrogens (tertiary/aromatic N) is 4. The summed E-state index contributed by atoms with van der Waals surface area (Å²) >= 11 is 3.40. The van der Waals surface area contributed by atoms with Crippen molar-refractivity contribution in [1.29, 1.82) is 0 Å². The van der Waals surface area contributed by atoms with Crippen LogP contribution in [0, 0.1) is 0 Å². The van der Waals surface area contributed by atoms with Crippen LogP contribution in [0.15, 0.2) is 41.3 Å². The Balaban J connectivity index is 2.06. The second-order valence-corrected chi connectivity index (χ2v) is 5.51. The fourth-order valence-corrected chi connectivity index (χ4v) is 2.69. The normalized spacial score (nSPS) is 11.0. The van der Waals surface area contributed by atoms with Gasteiger partial charge in [0.2, 0.25) is 5.78 Å². The van der Waals surface area contributed by atoms with Crippen LogP contribution in [0.2, 0.25) is 0 Å². The molecule has 0 N–H and O–H groups in total. The van der Waals surface area contributed by atoms with Crippen molar-refractivity contribution < 1.29 is 4.79 Å². The van der Waals surface area contributed by atoms with Crippen molar-refractivity contribution >= 4 is 32.7 Å². The molecule has 0 radical (unpaired) electrons. The standard InChI is InChI=1S/C15H13BrN4O/c1-2-7-20-14(11(16)9-19-20)15(21)10-3-4-12-13(8-10)18-6-5-17-12/h3-6,8-9H,2,7H2,1H3. The molecular weight excluding hydrogens is 332 g/mol. The lowest BCUT2D eigenvalue weighted by atomic mass is 10.1. The maximum atomic E-state index is 12.7. The number of carbonyl (C=O) groups excluding carboxylic acids is 1. The van der Waals surface area contributed by atoms with Crippen LogP contribution in [0.5, 0.6) is 0 Å². The van der Waals surface area contributed by atoms with Crippen LogP contribution in [0.4, 0.5) is 0 Å². The lowest BCUT2D eigenvalue weighted by Gasteiger charge is -2.06. The van der Waals surface area contributed by atoms with Crippen LogP contribution in [-0.4, -0.2) is 25.5 Å². The van der Waals surface area contributed by atoms with E-state index in [1.54, 1.807) is 35.4 Å². The highest BCUT2D eigenvalue weighted by molar-refractivity contribution is 9.10. The molecule has 0 aliphatic heterocycles. The summed E-state index contributed by atoms with van der Waals surface area (Å²) in [5, 5.41) is 4.24. The summed E-state index contributed by atoms with van der Waals surface area (Å²) in [6.45, 7) is 2.76. The quantitative estimate of drug-likeness (QED) is 0.681. The van der Waals surface area contributed by atoms with Crippen LogP contribution in [0.25, 0.3) is 11.0 Å². The predicted molar refractivity (Wildman–Crippen MR) is 83.2 cm³/mol. The van der Waals surface area contributed by atoms with Crippen molar-refractivity contribution in [3.8, 4) is 0 Å². The highest BCUT2D eigenvalue weighted by Gasteiger charge is 2.19. The lowest BCUT2D eigenvalue weighted by molar-refractivity contribution is 0.102. The molecule has 0 bridgehead atoms. The number of ketones is 1. The zero-order valence-electron chi connectivity index (χ0n) is 11.5. The first kappa shape index (κ1) is 13.9. The predicted octanol–water partition coefficient (Wildman–Crippen LogP) is 3.23. The second-order valence-electron chi connectivity index (χ2n) is 4.65. The smallest absolute Gasteiger partial charge is 0.212 e. The Hall–Kier alpha value is -2.08. The number of carbonyl (C=O) groups is 1. The summed E-state index contributed by atoms with van der Waals surface area (Å²) in [5.41, 5.74) is 2.64. The summed E-state index contributed by atoms with van der Waals surface area (Å²) in [6, 6.07) is 5.35. The third kappa shape index (κ3) is 2.58. The zero-order valence-corrected chi connectivity index (χ0v) is 13.0. The van der Waals surface area contributed by atoms with E-state index in [9.17, 15) is 4.79 Å². The summed E-state index contributed by atoms with van der Waals surface area (Å²) in [5.74, 6) is -0.0691. The molecule has 0 aliphatic rings. The number of aryl methyl sites for hydroxylation is 1. The van der Waals surface area contributed by atoms with E-state index >= 15 is 0 Å². The Bertz CT molecular complexity index is 812. The maximum Gasteiger partial charge on any atom is 0.212 e. The van der Waals surface area contributed by atoms with Gasteiger partial charge in [-0.15, -0.1) is 0 Å². The third-order valence-corrected chi connectivity index (χ3v) is 3.76. The van der Waals surface area contributed by atoms with E-state index in [1.807, 2.05) is 6.07 Å². The Labute approximate surface area is 130 Å². The van der Waals surface area contributed by atoms with Gasteiger partial charge >= 0.3 is 0 Å². The highest BCUT2D eigenvalue weighted by Crippen LogP contribution is 2.21. The van der Waals surface area contributed by atoms with Crippen molar-refractivity contribution in [3.63, 3.8) is 0 Å². The van der Waals surface area contributed by atoms with Crippen LogP contribution >= 0.6 is 15.9 Å². The minimum absolute atomic E-state index is 0.0691. The van der Waals surface area contributed by atoms with Gasteiger partial charge in [0.05, 0.1) is 21.7 Å². The third-order valence-electron chi connectivity index (χ3n) is 3.18. The fraction of sp³-hybridized carbons (Fsp3) is 0.200. The summed E-state index contributed by atoms with van der Waals surface area (Å²) < 4.78 is 2.44. The molecule has 106 valence electrons. The molecule has 21 heavy (non-hydrogen) atoms. The van der Waals surface area contributed by atoms with Crippen LogP contribution in [0.3, 0.4) is 0 Å². The Morgan fingerprint density at radius 1 is 1.24 bits per heavy atom. The second kappa shape index (κ2) is 5.73. The largest absolute Gasteiger partial charge is 0.287 e. The van der Waals surface area contributed by atoms with E-state index in [0.29, 0.717) is 27.8 Å². The van der Waals surface area contributed by atoms with Crippen molar-refractivity contribution in [2.24, 2.45) is 0 Å². The fourth-order valence-electron chi connectivity index (χ4n) is 2.21. The van der Waals surface area contributed by atoms with Gasteiger partial charge in [0.15, 0.2) is 0 Å². The van der Waals surface area contributed by atoms with Crippen LogP contribution in [-0.2, 0) is 6.54 Å². The van der Waals surface area contributed by atoms with E-state index in [4.69, 9.17) is 0 Å². The van der Waals surface area contributed by atoms with Gasteiger partial charge in [-0.25, -0.2) is 0 Å². The SMILES string of the molecule is CCCn1ncc(Br)c1C(=O)c1ccc2nccnc2c1. The highest BCUT2D eigenvalue weighted by atomic mass is 79.9. The van der Waals surface area contributed by atoms with E-state index in [-0.39, 0.29) is 5.78 Å². The molecule has 1 aromatic carbocycles. The minimum Gasteiger partial charge on any atom is -0.287 e. The molecular formula is C15H13BrN4O. The summed E-state index contributed by atoms with van der Waals surface area (Å²) in [6.07, 6.45) is 5.83. The van der Waals surface area contributed by atoms with Gasteiger partial charge in [-0.2, -0.15) is 5.10 Å². The van der Waals surface area contributed by atoms with E-state index in [0.717, 1.165) is 11.9 Å². The number of benzene rings is 1. The average molecular weight is 345 g/mol. The Morgan fingerprint density at radius 3 is 2.76 bits per heavy atom. The molecule has 0 fully saturated rings. The zero-order chi connectivity index (χ0) is 14.8. The number of fused-ring (bicyclic) bond motifs is 1. The molecule has 0 saturated carbocycles. The van der Waals surface area contributed by atoms with Crippen molar-refractivity contribution in [2.45, 2.75) is 19.9 Å². The Morgan fingerprint density at radius 2 is 2.00 bits per heavy atom. The molecule has 2 aromatic heterocycles. The van der Waals surface area contributed by atoms with Crippen LogP contribution in [0.1, 0.15) is 29.4 Å². The molecule has 3 rings (SSSR count). The van der Waals surface area contributed by atoms with Gasteiger partial charge in [-0.1, -0.05) is 6.92 Å². The van der Waals surface area contributed by atoms with Gasteiger partial charge in [0.25, 0.3) is 0 Å². The van der Waals surface area contributed by atoms with Gasteiger partial charge in [-0.3, -0.25) is 19.4 Å². The van der Waals surface area contributed by atoms with Gasteiger partial charge in [0.1, 0.15) is 5.69 Å². The number of hydrogen-bond acceptors (Lipinski definition) is 4. The molecule has 0 spiro atoms. The summed E-state index contributed by atoms with van der Waals surface area (Å²) in [7, 11) is 0. The van der Waals surface area contributed by atoms with Crippen molar-refractivity contribution in [1.82, 2.24) is 19.7 Å². The van der Waals surface area contributed by atoms with Crippen LogP contribution < -0.4 is 0 Å².